The van der Waals surface area contributed by atoms with E-state index in [0.29, 0.717) is 0 Å². The second-order valence-corrected chi connectivity index (χ2v) is 4.09. The summed E-state index contributed by atoms with van der Waals surface area (Å²) >= 11 is 3.40. The van der Waals surface area contributed by atoms with Crippen molar-refractivity contribution < 1.29 is 9.90 Å². The van der Waals surface area contributed by atoms with Crippen LogP contribution in [0.3, 0.4) is 0 Å². The zero-order valence-corrected chi connectivity index (χ0v) is 9.97. The molecular formula is C10H8BrN3O2. The second kappa shape index (κ2) is 4.05. The first kappa shape index (κ1) is 10.8. The average Bonchev–Trinajstić information content (AvgIpc) is 2.71. The van der Waals surface area contributed by atoms with E-state index in [1.54, 1.807) is 0 Å². The van der Waals surface area contributed by atoms with Crippen molar-refractivity contribution in [2.24, 2.45) is 0 Å². The van der Waals surface area contributed by atoms with E-state index in [9.17, 15) is 4.79 Å². The minimum absolute atomic E-state index is 0.0700. The van der Waals surface area contributed by atoms with Gasteiger partial charge in [-0.15, -0.1) is 5.10 Å². The van der Waals surface area contributed by atoms with Crippen LogP contribution < -0.4 is 0 Å². The van der Waals surface area contributed by atoms with E-state index < -0.39 is 5.97 Å². The van der Waals surface area contributed by atoms with Gasteiger partial charge in [0.05, 0.1) is 11.9 Å². The van der Waals surface area contributed by atoms with Gasteiger partial charge in [-0.1, -0.05) is 27.2 Å². The van der Waals surface area contributed by atoms with Crippen LogP contribution in [-0.4, -0.2) is 26.1 Å². The van der Waals surface area contributed by atoms with E-state index in [-0.39, 0.29) is 5.69 Å². The number of carbonyl (C=O) groups is 1. The number of benzene rings is 1. The lowest BCUT2D eigenvalue weighted by Crippen LogP contribution is -1.98. The van der Waals surface area contributed by atoms with Gasteiger partial charge in [0.2, 0.25) is 0 Å². The summed E-state index contributed by atoms with van der Waals surface area (Å²) in [6.07, 6.45) is 1.39. The highest BCUT2D eigenvalue weighted by atomic mass is 79.9. The molecule has 6 heteroatoms. The Hall–Kier alpha value is -1.69. The predicted molar refractivity (Wildman–Crippen MR) is 60.8 cm³/mol. The molecule has 0 saturated carbocycles. The molecule has 0 unspecified atom stereocenters. The summed E-state index contributed by atoms with van der Waals surface area (Å²) in [5.41, 5.74) is 1.71. The Labute approximate surface area is 99.8 Å². The number of hydrogen-bond donors (Lipinski definition) is 1. The van der Waals surface area contributed by atoms with Crippen LogP contribution >= 0.6 is 15.9 Å². The molecule has 0 atom stereocenters. The Kier molecular flexibility index (Phi) is 2.74. The Balaban J connectivity index is 2.50. The number of aromatic nitrogens is 3. The first-order chi connectivity index (χ1) is 7.59. The first-order valence-electron chi connectivity index (χ1n) is 4.50. The maximum atomic E-state index is 10.7. The van der Waals surface area contributed by atoms with E-state index in [0.717, 1.165) is 15.7 Å². The number of halogens is 1. The largest absolute Gasteiger partial charge is 0.476 e. The van der Waals surface area contributed by atoms with Crippen LogP contribution in [0.15, 0.2) is 28.9 Å². The number of rotatable bonds is 2. The van der Waals surface area contributed by atoms with Crippen molar-refractivity contribution in [1.29, 1.82) is 0 Å². The molecule has 0 amide bonds. The highest BCUT2D eigenvalue weighted by molar-refractivity contribution is 9.10. The number of hydrogen-bond acceptors (Lipinski definition) is 3. The zero-order valence-electron chi connectivity index (χ0n) is 8.38. The molecule has 1 aromatic carbocycles. The third-order valence-corrected chi connectivity index (χ3v) is 3.06. The normalized spacial score (nSPS) is 10.4. The molecule has 0 radical (unpaired) electrons. The minimum atomic E-state index is -1.08. The van der Waals surface area contributed by atoms with Gasteiger partial charge >= 0.3 is 5.97 Å². The minimum Gasteiger partial charge on any atom is -0.476 e. The van der Waals surface area contributed by atoms with Gasteiger partial charge in [-0.2, -0.15) is 0 Å². The topological polar surface area (TPSA) is 68.0 Å². The average molecular weight is 282 g/mol. The lowest BCUT2D eigenvalue weighted by atomic mass is 10.2. The number of carboxylic acid groups (broad SMARTS) is 1. The van der Waals surface area contributed by atoms with Gasteiger partial charge in [0.25, 0.3) is 0 Å². The highest BCUT2D eigenvalue weighted by Crippen LogP contribution is 2.21. The molecular weight excluding hydrogens is 274 g/mol. The Morgan fingerprint density at radius 3 is 2.88 bits per heavy atom. The van der Waals surface area contributed by atoms with Crippen molar-refractivity contribution in [3.8, 4) is 5.69 Å². The van der Waals surface area contributed by atoms with Crippen molar-refractivity contribution in [3.63, 3.8) is 0 Å². The molecule has 0 bridgehead atoms. The Bertz CT molecular complexity index is 551. The summed E-state index contributed by atoms with van der Waals surface area (Å²) in [6, 6.07) is 5.61. The van der Waals surface area contributed by atoms with E-state index >= 15 is 0 Å². The van der Waals surface area contributed by atoms with Gasteiger partial charge in [0, 0.05) is 4.47 Å². The van der Waals surface area contributed by atoms with E-state index in [2.05, 4.69) is 26.2 Å². The van der Waals surface area contributed by atoms with Crippen LogP contribution in [0.5, 0.6) is 0 Å². The lowest BCUT2D eigenvalue weighted by molar-refractivity contribution is 0.0690. The summed E-state index contributed by atoms with van der Waals surface area (Å²) in [6.45, 7) is 1.92. The van der Waals surface area contributed by atoms with Gasteiger partial charge in [-0.25, -0.2) is 9.48 Å². The summed E-state index contributed by atoms with van der Waals surface area (Å²) in [7, 11) is 0. The lowest BCUT2D eigenvalue weighted by Gasteiger charge is -2.05. The summed E-state index contributed by atoms with van der Waals surface area (Å²) in [5.74, 6) is -1.08. The van der Waals surface area contributed by atoms with E-state index in [4.69, 9.17) is 5.11 Å². The molecule has 5 nitrogen and oxygen atoms in total. The molecule has 2 rings (SSSR count). The molecule has 1 N–H and O–H groups in total. The fourth-order valence-electron chi connectivity index (χ4n) is 1.32. The third-order valence-electron chi connectivity index (χ3n) is 2.20. The summed E-state index contributed by atoms with van der Waals surface area (Å²) in [5, 5.41) is 16.1. The summed E-state index contributed by atoms with van der Waals surface area (Å²) in [4.78, 5) is 10.7. The molecule has 0 spiro atoms. The number of aromatic carboxylic acids is 1. The fourth-order valence-corrected chi connectivity index (χ4v) is 1.68. The van der Waals surface area contributed by atoms with Crippen molar-refractivity contribution >= 4 is 21.9 Å². The van der Waals surface area contributed by atoms with Crippen LogP contribution in [-0.2, 0) is 0 Å². The molecule has 0 aliphatic heterocycles. The van der Waals surface area contributed by atoms with Gasteiger partial charge in [-0.3, -0.25) is 0 Å². The molecule has 0 aliphatic carbocycles. The number of nitrogens with zero attached hydrogens (tertiary/aromatic N) is 3. The van der Waals surface area contributed by atoms with Crippen molar-refractivity contribution in [3.05, 3.63) is 40.1 Å². The zero-order chi connectivity index (χ0) is 11.7. The van der Waals surface area contributed by atoms with Crippen molar-refractivity contribution in [1.82, 2.24) is 15.0 Å². The van der Waals surface area contributed by atoms with Gasteiger partial charge in [0.15, 0.2) is 5.69 Å². The Morgan fingerprint density at radius 2 is 2.25 bits per heavy atom. The SMILES string of the molecule is Cc1c(Br)cccc1-n1cc(C(=O)O)nn1. The predicted octanol–water partition coefficient (Wildman–Crippen LogP) is 2.04. The Morgan fingerprint density at radius 1 is 1.50 bits per heavy atom. The van der Waals surface area contributed by atoms with Gasteiger partial charge in [-0.05, 0) is 24.6 Å². The van der Waals surface area contributed by atoms with Crippen LogP contribution in [0, 0.1) is 6.92 Å². The van der Waals surface area contributed by atoms with E-state index in [1.165, 1.54) is 10.9 Å². The third kappa shape index (κ3) is 1.83. The standard InChI is InChI=1S/C10H8BrN3O2/c1-6-7(11)3-2-4-9(6)14-5-8(10(15)16)12-13-14/h2-5H,1H3,(H,15,16). The van der Waals surface area contributed by atoms with Crippen LogP contribution in [0.2, 0.25) is 0 Å². The first-order valence-corrected chi connectivity index (χ1v) is 5.30. The second-order valence-electron chi connectivity index (χ2n) is 3.24. The quantitative estimate of drug-likeness (QED) is 0.915. The van der Waals surface area contributed by atoms with E-state index in [1.807, 2.05) is 25.1 Å². The molecule has 2 aromatic rings. The molecule has 1 heterocycles. The van der Waals surface area contributed by atoms with Crippen LogP contribution in [0.4, 0.5) is 0 Å². The summed E-state index contributed by atoms with van der Waals surface area (Å²) < 4.78 is 2.39. The molecule has 0 fully saturated rings. The van der Waals surface area contributed by atoms with Crippen molar-refractivity contribution in [2.45, 2.75) is 6.92 Å². The van der Waals surface area contributed by atoms with Crippen LogP contribution in [0.25, 0.3) is 5.69 Å². The molecule has 1 aromatic heterocycles. The molecule has 82 valence electrons. The molecule has 16 heavy (non-hydrogen) atoms. The smallest absolute Gasteiger partial charge is 0.358 e. The maximum Gasteiger partial charge on any atom is 0.358 e. The molecule has 0 saturated heterocycles. The monoisotopic (exact) mass is 281 g/mol. The highest BCUT2D eigenvalue weighted by Gasteiger charge is 2.11. The number of carboxylic acids is 1. The maximum absolute atomic E-state index is 10.7. The van der Waals surface area contributed by atoms with Gasteiger partial charge < -0.3 is 5.11 Å². The van der Waals surface area contributed by atoms with Crippen LogP contribution in [0.1, 0.15) is 16.1 Å². The van der Waals surface area contributed by atoms with Gasteiger partial charge in [0.1, 0.15) is 0 Å². The van der Waals surface area contributed by atoms with Crippen molar-refractivity contribution in [2.75, 3.05) is 0 Å². The molecule has 0 aliphatic rings. The fraction of sp³-hybridized carbons (Fsp3) is 0.100.